The molecule has 1 aromatic rings. The summed E-state index contributed by atoms with van der Waals surface area (Å²) in [6.45, 7) is 4.27. The van der Waals surface area contributed by atoms with E-state index in [4.69, 9.17) is 10.5 Å². The normalized spacial score (nSPS) is 28.9. The summed E-state index contributed by atoms with van der Waals surface area (Å²) in [5.41, 5.74) is 7.51. The Bertz CT molecular complexity index is 328. The molecule has 1 saturated heterocycles. The molecule has 88 valence electrons. The Kier molecular flexibility index (Phi) is 3.56. The molecule has 4 unspecified atom stereocenters. The summed E-state index contributed by atoms with van der Waals surface area (Å²) in [7, 11) is 0. The van der Waals surface area contributed by atoms with E-state index >= 15 is 0 Å². The SMILES string of the molecule is CC1CCC(C(N)C(C)c2ccncc2)O1. The smallest absolute Gasteiger partial charge is 0.0736 e. The fourth-order valence-corrected chi connectivity index (χ4v) is 2.33. The van der Waals surface area contributed by atoms with E-state index in [1.54, 1.807) is 0 Å². The van der Waals surface area contributed by atoms with Crippen LogP contribution in [0.1, 0.15) is 38.2 Å². The second kappa shape index (κ2) is 4.93. The fourth-order valence-electron chi connectivity index (χ4n) is 2.33. The van der Waals surface area contributed by atoms with Gasteiger partial charge in [-0.2, -0.15) is 0 Å². The van der Waals surface area contributed by atoms with Gasteiger partial charge in [0.05, 0.1) is 12.2 Å². The molecule has 0 radical (unpaired) electrons. The lowest BCUT2D eigenvalue weighted by atomic mass is 9.90. The van der Waals surface area contributed by atoms with E-state index in [0.717, 1.165) is 12.8 Å². The van der Waals surface area contributed by atoms with Crippen LogP contribution in [-0.2, 0) is 4.74 Å². The molecule has 0 saturated carbocycles. The Morgan fingerprint density at radius 2 is 2.06 bits per heavy atom. The molecule has 0 amide bonds. The van der Waals surface area contributed by atoms with Crippen LogP contribution in [0.4, 0.5) is 0 Å². The molecule has 1 aromatic heterocycles. The first-order valence-electron chi connectivity index (χ1n) is 5.99. The number of ether oxygens (including phenoxy) is 1. The average Bonchev–Trinajstić information content (AvgIpc) is 2.75. The molecule has 3 nitrogen and oxygen atoms in total. The van der Waals surface area contributed by atoms with Crippen LogP contribution in [0.15, 0.2) is 24.5 Å². The summed E-state index contributed by atoms with van der Waals surface area (Å²) in [5.74, 6) is 0.318. The lowest BCUT2D eigenvalue weighted by molar-refractivity contribution is 0.0359. The summed E-state index contributed by atoms with van der Waals surface area (Å²) in [6, 6.07) is 4.14. The number of nitrogens with zero attached hydrogens (tertiary/aromatic N) is 1. The van der Waals surface area contributed by atoms with Gasteiger partial charge in [-0.1, -0.05) is 6.92 Å². The quantitative estimate of drug-likeness (QED) is 0.848. The van der Waals surface area contributed by atoms with Crippen molar-refractivity contribution in [3.8, 4) is 0 Å². The number of hydrogen-bond acceptors (Lipinski definition) is 3. The number of pyridine rings is 1. The number of nitrogens with two attached hydrogens (primary N) is 1. The van der Waals surface area contributed by atoms with Crippen molar-refractivity contribution >= 4 is 0 Å². The molecule has 0 spiro atoms. The Morgan fingerprint density at radius 3 is 2.62 bits per heavy atom. The fraction of sp³-hybridized carbons (Fsp3) is 0.615. The van der Waals surface area contributed by atoms with E-state index in [1.165, 1.54) is 5.56 Å². The van der Waals surface area contributed by atoms with Crippen molar-refractivity contribution in [3.05, 3.63) is 30.1 Å². The molecule has 16 heavy (non-hydrogen) atoms. The summed E-state index contributed by atoms with van der Waals surface area (Å²) >= 11 is 0. The van der Waals surface area contributed by atoms with E-state index in [-0.39, 0.29) is 12.1 Å². The maximum atomic E-state index is 6.27. The molecule has 3 heteroatoms. The highest BCUT2D eigenvalue weighted by Crippen LogP contribution is 2.28. The highest BCUT2D eigenvalue weighted by atomic mass is 16.5. The van der Waals surface area contributed by atoms with Gasteiger partial charge in [0, 0.05) is 18.4 Å². The van der Waals surface area contributed by atoms with E-state index in [9.17, 15) is 0 Å². The monoisotopic (exact) mass is 220 g/mol. The molecule has 2 rings (SSSR count). The van der Waals surface area contributed by atoms with Gasteiger partial charge < -0.3 is 10.5 Å². The zero-order valence-electron chi connectivity index (χ0n) is 9.97. The molecule has 1 fully saturated rings. The van der Waals surface area contributed by atoms with Crippen LogP contribution >= 0.6 is 0 Å². The molecule has 2 N–H and O–H groups in total. The van der Waals surface area contributed by atoms with Crippen molar-refractivity contribution in [2.24, 2.45) is 5.73 Å². The van der Waals surface area contributed by atoms with E-state index < -0.39 is 0 Å². The molecule has 1 aliphatic heterocycles. The van der Waals surface area contributed by atoms with Crippen LogP contribution in [0.25, 0.3) is 0 Å². The maximum absolute atomic E-state index is 6.27. The van der Waals surface area contributed by atoms with Gasteiger partial charge in [0.1, 0.15) is 0 Å². The molecule has 0 aromatic carbocycles. The van der Waals surface area contributed by atoms with Crippen molar-refractivity contribution in [1.82, 2.24) is 4.98 Å². The Balaban J connectivity index is 2.02. The van der Waals surface area contributed by atoms with Crippen LogP contribution in [0.2, 0.25) is 0 Å². The highest BCUT2D eigenvalue weighted by Gasteiger charge is 2.30. The minimum Gasteiger partial charge on any atom is -0.374 e. The number of aromatic nitrogens is 1. The highest BCUT2D eigenvalue weighted by molar-refractivity contribution is 5.17. The summed E-state index contributed by atoms with van der Waals surface area (Å²) in [5, 5.41) is 0. The van der Waals surface area contributed by atoms with Crippen molar-refractivity contribution in [1.29, 1.82) is 0 Å². The van der Waals surface area contributed by atoms with Crippen LogP contribution in [0, 0.1) is 0 Å². The Morgan fingerprint density at radius 1 is 1.38 bits per heavy atom. The van der Waals surface area contributed by atoms with Crippen LogP contribution in [0.3, 0.4) is 0 Å². The summed E-state index contributed by atoms with van der Waals surface area (Å²) in [6.07, 6.45) is 6.41. The molecular weight excluding hydrogens is 200 g/mol. The van der Waals surface area contributed by atoms with Gasteiger partial charge >= 0.3 is 0 Å². The molecule has 0 bridgehead atoms. The maximum Gasteiger partial charge on any atom is 0.0736 e. The van der Waals surface area contributed by atoms with Gasteiger partial charge in [-0.05, 0) is 43.4 Å². The van der Waals surface area contributed by atoms with Gasteiger partial charge in [0.25, 0.3) is 0 Å². The van der Waals surface area contributed by atoms with E-state index in [1.807, 2.05) is 24.5 Å². The standard InChI is InChI=1S/C13H20N2O/c1-9-3-4-12(16-9)13(14)10(2)11-5-7-15-8-6-11/h5-10,12-13H,3-4,14H2,1-2H3. The van der Waals surface area contributed by atoms with Crippen molar-refractivity contribution in [2.75, 3.05) is 0 Å². The predicted octanol–water partition coefficient (Wildman–Crippen LogP) is 2.08. The zero-order chi connectivity index (χ0) is 11.5. The zero-order valence-corrected chi connectivity index (χ0v) is 9.97. The first kappa shape index (κ1) is 11.6. The number of rotatable bonds is 3. The largest absolute Gasteiger partial charge is 0.374 e. The lowest BCUT2D eigenvalue weighted by Crippen LogP contribution is -2.39. The second-order valence-electron chi connectivity index (χ2n) is 4.71. The van der Waals surface area contributed by atoms with Crippen LogP contribution in [0.5, 0.6) is 0 Å². The average molecular weight is 220 g/mol. The van der Waals surface area contributed by atoms with Crippen molar-refractivity contribution < 1.29 is 4.74 Å². The second-order valence-corrected chi connectivity index (χ2v) is 4.71. The topological polar surface area (TPSA) is 48.1 Å². The van der Waals surface area contributed by atoms with Crippen LogP contribution < -0.4 is 5.73 Å². The minimum atomic E-state index is 0.0762. The third-order valence-electron chi connectivity index (χ3n) is 3.50. The first-order valence-corrected chi connectivity index (χ1v) is 5.99. The summed E-state index contributed by atoms with van der Waals surface area (Å²) < 4.78 is 5.83. The van der Waals surface area contributed by atoms with Gasteiger partial charge in [-0.15, -0.1) is 0 Å². The molecule has 0 aliphatic carbocycles. The first-order chi connectivity index (χ1) is 7.68. The number of hydrogen-bond donors (Lipinski definition) is 1. The molecular formula is C13H20N2O. The van der Waals surface area contributed by atoms with E-state index in [0.29, 0.717) is 12.0 Å². The van der Waals surface area contributed by atoms with Gasteiger partial charge in [0.15, 0.2) is 0 Å². The minimum absolute atomic E-state index is 0.0762. The van der Waals surface area contributed by atoms with Crippen molar-refractivity contribution in [2.45, 2.75) is 50.9 Å². The van der Waals surface area contributed by atoms with Gasteiger partial charge in [-0.25, -0.2) is 0 Å². The van der Waals surface area contributed by atoms with E-state index in [2.05, 4.69) is 18.8 Å². The predicted molar refractivity (Wildman–Crippen MR) is 64.2 cm³/mol. The molecule has 4 atom stereocenters. The van der Waals surface area contributed by atoms with Crippen molar-refractivity contribution in [3.63, 3.8) is 0 Å². The molecule has 2 heterocycles. The summed E-state index contributed by atoms with van der Waals surface area (Å²) in [4.78, 5) is 4.02. The Labute approximate surface area is 97.0 Å². The van der Waals surface area contributed by atoms with Crippen LogP contribution in [-0.4, -0.2) is 23.2 Å². The third-order valence-corrected chi connectivity index (χ3v) is 3.50. The van der Waals surface area contributed by atoms with Gasteiger partial charge in [-0.3, -0.25) is 4.98 Å². The van der Waals surface area contributed by atoms with Gasteiger partial charge in [0.2, 0.25) is 0 Å². The molecule has 1 aliphatic rings. The Hall–Kier alpha value is -0.930. The third kappa shape index (κ3) is 2.42. The lowest BCUT2D eigenvalue weighted by Gasteiger charge is -2.25.